The lowest BCUT2D eigenvalue weighted by Gasteiger charge is -2.20. The molecule has 0 bridgehead atoms. The molecule has 0 aliphatic carbocycles. The number of nitrogens with one attached hydrogen (secondary N) is 1. The molecular formula is C25H22N2O6S. The third-order valence-corrected chi connectivity index (χ3v) is 7.82. The molecule has 2 aliphatic rings. The number of carbonyl (C=O) groups excluding carboxylic acids is 2. The Kier molecular flexibility index (Phi) is 5.49. The van der Waals surface area contributed by atoms with Gasteiger partial charge in [-0.3, -0.25) is 9.10 Å². The molecule has 1 N–H and O–H groups in total. The number of hydrogen-bond donors (Lipinski definition) is 1. The molecular weight excluding hydrogens is 456 g/mol. The summed E-state index contributed by atoms with van der Waals surface area (Å²) in [6.45, 7) is 0.332. The summed E-state index contributed by atoms with van der Waals surface area (Å²) >= 11 is 0. The van der Waals surface area contributed by atoms with Gasteiger partial charge in [-0.1, -0.05) is 18.2 Å². The first-order valence-corrected chi connectivity index (χ1v) is 12.2. The lowest BCUT2D eigenvalue weighted by molar-refractivity contribution is -0.116. The Balaban J connectivity index is 1.45. The highest BCUT2D eigenvalue weighted by atomic mass is 32.2. The molecule has 1 amide bonds. The van der Waals surface area contributed by atoms with Gasteiger partial charge in [0.2, 0.25) is 5.91 Å². The Labute approximate surface area is 197 Å². The van der Waals surface area contributed by atoms with Crippen LogP contribution in [0, 0.1) is 0 Å². The number of ether oxygens (including phenoxy) is 2. The van der Waals surface area contributed by atoms with Crippen LogP contribution in [0.3, 0.4) is 0 Å². The molecule has 0 saturated heterocycles. The maximum atomic E-state index is 13.4. The largest absolute Gasteiger partial charge is 0.496 e. The topological polar surface area (TPSA) is 102 Å². The molecule has 0 spiro atoms. The van der Waals surface area contributed by atoms with Crippen molar-refractivity contribution >= 4 is 33.3 Å². The average Bonchev–Trinajstić information content (AvgIpc) is 3.29. The molecule has 8 nitrogen and oxygen atoms in total. The number of esters is 1. The summed E-state index contributed by atoms with van der Waals surface area (Å²) in [6.07, 6.45) is 1.53. The van der Waals surface area contributed by atoms with E-state index in [4.69, 9.17) is 9.47 Å². The van der Waals surface area contributed by atoms with Gasteiger partial charge in [0.25, 0.3) is 10.0 Å². The smallest absolute Gasteiger partial charge is 0.347 e. The maximum absolute atomic E-state index is 13.4. The Morgan fingerprint density at radius 1 is 0.971 bits per heavy atom. The Hall–Kier alpha value is -3.85. The second-order valence-corrected chi connectivity index (χ2v) is 9.94. The molecule has 0 aromatic heterocycles. The summed E-state index contributed by atoms with van der Waals surface area (Å²) in [6, 6.07) is 16.5. The van der Waals surface area contributed by atoms with Crippen molar-refractivity contribution in [2.45, 2.75) is 24.2 Å². The van der Waals surface area contributed by atoms with Gasteiger partial charge in [0.05, 0.1) is 17.7 Å². The van der Waals surface area contributed by atoms with Crippen molar-refractivity contribution in [2.75, 3.05) is 23.3 Å². The maximum Gasteiger partial charge on any atom is 0.347 e. The highest BCUT2D eigenvalue weighted by Crippen LogP contribution is 2.34. The Morgan fingerprint density at radius 2 is 1.79 bits per heavy atom. The van der Waals surface area contributed by atoms with Crippen LogP contribution in [-0.2, 0) is 27.7 Å². The van der Waals surface area contributed by atoms with Crippen LogP contribution >= 0.6 is 0 Å². The zero-order valence-corrected chi connectivity index (χ0v) is 19.2. The number of sulfonamides is 1. The minimum Gasteiger partial charge on any atom is -0.496 e. The highest BCUT2D eigenvalue weighted by Gasteiger charge is 2.32. The molecule has 2 heterocycles. The number of amides is 1. The van der Waals surface area contributed by atoms with E-state index in [9.17, 15) is 18.0 Å². The lowest BCUT2D eigenvalue weighted by Crippen LogP contribution is -2.29. The fourth-order valence-electron chi connectivity index (χ4n) is 4.28. The second kappa shape index (κ2) is 8.49. The van der Waals surface area contributed by atoms with Gasteiger partial charge in [0, 0.05) is 18.7 Å². The monoisotopic (exact) mass is 478 g/mol. The molecule has 0 atom stereocenters. The molecule has 174 valence electrons. The average molecular weight is 479 g/mol. The summed E-state index contributed by atoms with van der Waals surface area (Å²) in [5, 5.41) is 2.78. The quantitative estimate of drug-likeness (QED) is 0.445. The highest BCUT2D eigenvalue weighted by molar-refractivity contribution is 7.92. The summed E-state index contributed by atoms with van der Waals surface area (Å²) in [4.78, 5) is 24.6. The van der Waals surface area contributed by atoms with Crippen molar-refractivity contribution in [1.82, 2.24) is 0 Å². The number of fused-ring (bicyclic) bond motifs is 2. The van der Waals surface area contributed by atoms with Crippen LogP contribution in [0.4, 0.5) is 11.4 Å². The third-order valence-electron chi connectivity index (χ3n) is 6.01. The van der Waals surface area contributed by atoms with Crippen LogP contribution in [0.2, 0.25) is 0 Å². The number of benzene rings is 3. The number of rotatable bonds is 5. The molecule has 34 heavy (non-hydrogen) atoms. The standard InChI is InChI=1S/C25H22N2O6S/c1-32-23-10-8-19(34(30,31)27-13-12-16-4-2-3-5-22(16)27)15-20(23)25(29)33-18-7-9-21-17(14-18)6-11-24(28)26-21/h2-5,7-10,14-15H,6,11-13H2,1H3,(H,26,28). The molecule has 0 unspecified atom stereocenters. The first-order chi connectivity index (χ1) is 16.4. The van der Waals surface area contributed by atoms with Crippen LogP contribution in [0.15, 0.2) is 65.6 Å². The molecule has 3 aromatic carbocycles. The molecule has 9 heteroatoms. The molecule has 5 rings (SSSR count). The minimum absolute atomic E-state index is 0.00193. The minimum atomic E-state index is -3.89. The van der Waals surface area contributed by atoms with Crippen molar-refractivity contribution in [1.29, 1.82) is 0 Å². The van der Waals surface area contributed by atoms with Gasteiger partial charge in [-0.25, -0.2) is 13.2 Å². The van der Waals surface area contributed by atoms with E-state index >= 15 is 0 Å². The number of para-hydroxylation sites is 1. The third kappa shape index (κ3) is 3.88. The first kappa shape index (κ1) is 22.0. The van der Waals surface area contributed by atoms with E-state index in [0.29, 0.717) is 42.9 Å². The van der Waals surface area contributed by atoms with E-state index in [1.165, 1.54) is 29.6 Å². The van der Waals surface area contributed by atoms with Gasteiger partial charge in [-0.15, -0.1) is 0 Å². The van der Waals surface area contributed by atoms with E-state index in [1.807, 2.05) is 12.1 Å². The predicted octanol–water partition coefficient (Wildman–Crippen LogP) is 3.55. The van der Waals surface area contributed by atoms with Crippen LogP contribution in [0.1, 0.15) is 27.9 Å². The molecule has 0 saturated carbocycles. The van der Waals surface area contributed by atoms with E-state index < -0.39 is 16.0 Å². The summed E-state index contributed by atoms with van der Waals surface area (Å²) in [7, 11) is -2.49. The van der Waals surface area contributed by atoms with Crippen LogP contribution < -0.4 is 19.1 Å². The fraction of sp³-hybridized carbons (Fsp3) is 0.200. The van der Waals surface area contributed by atoms with Gasteiger partial charge in [0.1, 0.15) is 17.1 Å². The summed E-state index contributed by atoms with van der Waals surface area (Å²) < 4.78 is 39.0. The second-order valence-electron chi connectivity index (χ2n) is 8.07. The number of carbonyl (C=O) groups is 2. The van der Waals surface area contributed by atoms with Crippen molar-refractivity contribution in [3.63, 3.8) is 0 Å². The Bertz CT molecular complexity index is 1420. The molecule has 3 aromatic rings. The molecule has 0 radical (unpaired) electrons. The Morgan fingerprint density at radius 3 is 2.62 bits per heavy atom. The van der Waals surface area contributed by atoms with Crippen molar-refractivity contribution in [2.24, 2.45) is 0 Å². The fourth-order valence-corrected chi connectivity index (χ4v) is 5.81. The van der Waals surface area contributed by atoms with Crippen molar-refractivity contribution in [3.8, 4) is 11.5 Å². The number of methoxy groups -OCH3 is 1. The van der Waals surface area contributed by atoms with E-state index in [-0.39, 0.29) is 22.1 Å². The number of aryl methyl sites for hydroxylation is 1. The predicted molar refractivity (Wildman–Crippen MR) is 126 cm³/mol. The van der Waals surface area contributed by atoms with Crippen molar-refractivity contribution < 1.29 is 27.5 Å². The van der Waals surface area contributed by atoms with Crippen LogP contribution in [0.5, 0.6) is 11.5 Å². The number of hydrogen-bond acceptors (Lipinski definition) is 6. The van der Waals surface area contributed by atoms with Crippen LogP contribution in [-0.4, -0.2) is 33.9 Å². The lowest BCUT2D eigenvalue weighted by atomic mass is 10.0. The SMILES string of the molecule is COc1ccc(S(=O)(=O)N2CCc3ccccc32)cc1C(=O)Oc1ccc2c(c1)CCC(=O)N2. The summed E-state index contributed by atoms with van der Waals surface area (Å²) in [5.74, 6) is -0.296. The van der Waals surface area contributed by atoms with Gasteiger partial charge >= 0.3 is 5.97 Å². The molecule has 0 fully saturated rings. The zero-order valence-electron chi connectivity index (χ0n) is 18.4. The van der Waals surface area contributed by atoms with Crippen molar-refractivity contribution in [3.05, 3.63) is 77.4 Å². The van der Waals surface area contributed by atoms with E-state index in [2.05, 4.69) is 5.32 Å². The van der Waals surface area contributed by atoms with E-state index in [0.717, 1.165) is 11.1 Å². The normalized spacial score (nSPS) is 14.7. The molecule has 2 aliphatic heterocycles. The summed E-state index contributed by atoms with van der Waals surface area (Å²) in [5.41, 5.74) is 3.15. The van der Waals surface area contributed by atoms with Gasteiger partial charge in [0.15, 0.2) is 0 Å². The van der Waals surface area contributed by atoms with Crippen LogP contribution in [0.25, 0.3) is 0 Å². The van der Waals surface area contributed by atoms with Gasteiger partial charge in [-0.2, -0.15) is 0 Å². The number of nitrogens with zero attached hydrogens (tertiary/aromatic N) is 1. The van der Waals surface area contributed by atoms with E-state index in [1.54, 1.807) is 30.3 Å². The van der Waals surface area contributed by atoms with Gasteiger partial charge < -0.3 is 14.8 Å². The number of anilines is 2. The zero-order chi connectivity index (χ0) is 23.9. The van der Waals surface area contributed by atoms with Gasteiger partial charge in [-0.05, 0) is 66.4 Å². The first-order valence-electron chi connectivity index (χ1n) is 10.8.